The van der Waals surface area contributed by atoms with Gasteiger partial charge in [0.15, 0.2) is 0 Å². The van der Waals surface area contributed by atoms with Crippen LogP contribution in [0, 0.1) is 92.2 Å². The molecule has 114 valence electrons. The van der Waals surface area contributed by atoms with E-state index in [-0.39, 0.29) is 0 Å². The lowest BCUT2D eigenvalue weighted by Gasteiger charge is -3.13. The smallest absolute Gasteiger partial charge is 0.0656 e. The van der Waals surface area contributed by atoms with Crippen LogP contribution in [-0.2, 0) is 0 Å². The summed E-state index contributed by atoms with van der Waals surface area (Å²) in [5.74, 6) is 13.4. The van der Waals surface area contributed by atoms with Gasteiger partial charge in [-0.3, -0.25) is 0 Å². The van der Waals surface area contributed by atoms with Gasteiger partial charge in [-0.05, 0) is 124 Å². The molecule has 0 aromatic heterocycles. The van der Waals surface area contributed by atoms with E-state index in [0.29, 0.717) is 0 Å². The van der Waals surface area contributed by atoms with Crippen LogP contribution in [0.2, 0.25) is 6.32 Å². The van der Waals surface area contributed by atoms with E-state index in [1.54, 1.807) is 32.1 Å². The van der Waals surface area contributed by atoms with Crippen LogP contribution in [0.15, 0.2) is 0 Å². The van der Waals surface area contributed by atoms with Crippen LogP contribution in [0.1, 0.15) is 32.1 Å². The fourth-order valence-electron chi connectivity index (χ4n) is 16.3. The quantitative estimate of drug-likeness (QED) is 0.651. The highest BCUT2D eigenvalue weighted by atomic mass is 15.3. The Labute approximate surface area is 138 Å². The van der Waals surface area contributed by atoms with Crippen molar-refractivity contribution in [2.45, 2.75) is 38.4 Å². The molecular weight excluding hydrogens is 275 g/mol. The molecule has 5 spiro atoms. The highest BCUT2D eigenvalue weighted by Gasteiger charge is 3.25. The zero-order valence-corrected chi connectivity index (χ0v) is 13.7. The van der Waals surface area contributed by atoms with Gasteiger partial charge in [0.25, 0.3) is 0 Å². The Balaban J connectivity index is 1.23. The molecule has 1 heteroatoms. The SMILES string of the molecule is [B]CC1CC2C3C4C5CCC56C5C7C8C9CC%10CC1C%109C28C37C456. The minimum Gasteiger partial charge on any atom is -0.0856 e. The minimum atomic E-state index is 0.931. The van der Waals surface area contributed by atoms with Crippen molar-refractivity contribution < 1.29 is 0 Å². The largest absolute Gasteiger partial charge is 0.0856 e. The van der Waals surface area contributed by atoms with Crippen molar-refractivity contribution in [1.82, 2.24) is 0 Å². The molecule has 0 amide bonds. The lowest BCUT2D eigenvalue weighted by Crippen LogP contribution is -3.10. The van der Waals surface area contributed by atoms with Gasteiger partial charge in [-0.15, -0.1) is 0 Å². The summed E-state index contributed by atoms with van der Waals surface area (Å²) < 4.78 is 0. The fraction of sp³-hybridized carbons (Fsp3) is 1.00. The van der Waals surface area contributed by atoms with Gasteiger partial charge in [-0.25, -0.2) is 0 Å². The number of rotatable bonds is 1. The zero-order chi connectivity index (χ0) is 14.1. The highest BCUT2D eigenvalue weighted by Crippen LogP contribution is 3.28. The van der Waals surface area contributed by atoms with Crippen LogP contribution < -0.4 is 0 Å². The van der Waals surface area contributed by atoms with Crippen molar-refractivity contribution in [3.63, 3.8) is 0 Å². The molecule has 0 aliphatic heterocycles. The summed E-state index contributed by atoms with van der Waals surface area (Å²) in [6.45, 7) is 0. The zero-order valence-electron chi connectivity index (χ0n) is 13.7. The van der Waals surface area contributed by atoms with Gasteiger partial charge in [-0.2, -0.15) is 0 Å². The van der Waals surface area contributed by atoms with Crippen LogP contribution in [0.3, 0.4) is 0 Å². The molecule has 11 fully saturated rings. The maximum atomic E-state index is 6.32. The molecule has 0 nitrogen and oxygen atoms in total. The fourth-order valence-corrected chi connectivity index (χ4v) is 16.3. The van der Waals surface area contributed by atoms with Gasteiger partial charge in [0.1, 0.15) is 0 Å². The number of hydrogen-bond donors (Lipinski definition) is 0. The second kappa shape index (κ2) is 2.05. The Kier molecular flexibility index (Phi) is 0.917. The highest BCUT2D eigenvalue weighted by molar-refractivity contribution is 6.08. The first-order valence-corrected chi connectivity index (χ1v) is 11.0. The van der Waals surface area contributed by atoms with Crippen molar-refractivity contribution >= 4 is 7.85 Å². The Morgan fingerprint density at radius 3 is 2.39 bits per heavy atom. The summed E-state index contributed by atoms with van der Waals surface area (Å²) in [7, 11) is 6.32. The van der Waals surface area contributed by atoms with Crippen molar-refractivity contribution in [2.75, 3.05) is 0 Å². The van der Waals surface area contributed by atoms with Gasteiger partial charge in [0.05, 0.1) is 7.85 Å². The van der Waals surface area contributed by atoms with Crippen molar-refractivity contribution in [1.29, 1.82) is 0 Å². The topological polar surface area (TPSA) is 0 Å². The predicted molar refractivity (Wildman–Crippen MR) is 84.2 cm³/mol. The molecule has 0 bridgehead atoms. The lowest BCUT2D eigenvalue weighted by molar-refractivity contribution is -0.675. The monoisotopic (exact) mass is 298 g/mol. The molecule has 11 aliphatic rings. The summed E-state index contributed by atoms with van der Waals surface area (Å²) in [5, 5.41) is 0. The summed E-state index contributed by atoms with van der Waals surface area (Å²) in [5.41, 5.74) is 5.00. The molecular formula is C22H23B. The van der Waals surface area contributed by atoms with Crippen LogP contribution >= 0.6 is 0 Å². The third-order valence-electron chi connectivity index (χ3n) is 14.9. The molecule has 16 atom stereocenters. The average Bonchev–Trinajstić information content (AvgIpc) is 3.09. The summed E-state index contributed by atoms with van der Waals surface area (Å²) >= 11 is 0. The van der Waals surface area contributed by atoms with E-state index in [1.165, 1.54) is 53.3 Å². The molecule has 0 saturated heterocycles. The Bertz CT molecular complexity index is 849. The Morgan fingerprint density at radius 1 is 0.783 bits per heavy atom. The van der Waals surface area contributed by atoms with Crippen LogP contribution in [0.4, 0.5) is 0 Å². The number of fused-ring (bicyclic) bond motifs is 6. The van der Waals surface area contributed by atoms with E-state index < -0.39 is 0 Å². The first-order chi connectivity index (χ1) is 11.3. The van der Waals surface area contributed by atoms with E-state index in [9.17, 15) is 0 Å². The van der Waals surface area contributed by atoms with E-state index in [0.717, 1.165) is 45.2 Å². The maximum Gasteiger partial charge on any atom is 0.0656 e. The molecule has 2 radical (unpaired) electrons. The second-order valence-electron chi connectivity index (χ2n) is 12.5. The predicted octanol–water partition coefficient (Wildman–Crippen LogP) is 3.38. The van der Waals surface area contributed by atoms with Crippen molar-refractivity contribution in [2.24, 2.45) is 92.2 Å². The Morgan fingerprint density at radius 2 is 1.61 bits per heavy atom. The van der Waals surface area contributed by atoms with Crippen LogP contribution in [0.25, 0.3) is 0 Å². The van der Waals surface area contributed by atoms with Crippen molar-refractivity contribution in [3.8, 4) is 0 Å². The lowest BCUT2D eigenvalue weighted by atomic mass is 8.90. The van der Waals surface area contributed by atoms with Crippen LogP contribution in [0.5, 0.6) is 0 Å². The molecule has 11 saturated carbocycles. The molecule has 0 heterocycles. The number of hydrogen-bond acceptors (Lipinski definition) is 0. The van der Waals surface area contributed by atoms with E-state index in [1.807, 2.05) is 0 Å². The normalized spacial score (nSPS) is 99.2. The third kappa shape index (κ3) is 0.405. The van der Waals surface area contributed by atoms with Crippen molar-refractivity contribution in [3.05, 3.63) is 0 Å². The van der Waals surface area contributed by atoms with Gasteiger partial charge in [0, 0.05) is 0 Å². The van der Waals surface area contributed by atoms with Gasteiger partial charge >= 0.3 is 0 Å². The van der Waals surface area contributed by atoms with E-state index in [4.69, 9.17) is 7.85 Å². The van der Waals surface area contributed by atoms with Crippen LogP contribution in [-0.4, -0.2) is 7.85 Å². The minimum absolute atomic E-state index is 0.931. The van der Waals surface area contributed by atoms with E-state index >= 15 is 0 Å². The molecule has 11 aliphatic carbocycles. The molecule has 11 rings (SSSR count). The summed E-state index contributed by atoms with van der Waals surface area (Å²) in [4.78, 5) is 0. The standard InChI is InChI=1S/C22H23B/c23-6-7-3-12-15-13-9-1-2-18(9)17-16-14-11-5-8-4-10(7)19(8,11)20(12,14)21(15,16)22(13,17)18/h7-17H,1-6H2. The average molecular weight is 298 g/mol. The maximum absolute atomic E-state index is 6.32. The molecule has 0 aromatic carbocycles. The Hall–Kier alpha value is 0.0649. The van der Waals surface area contributed by atoms with Gasteiger partial charge in [-0.1, -0.05) is 6.32 Å². The third-order valence-corrected chi connectivity index (χ3v) is 14.9. The molecule has 16 unspecified atom stereocenters. The second-order valence-corrected chi connectivity index (χ2v) is 12.5. The van der Waals surface area contributed by atoms with E-state index in [2.05, 4.69) is 0 Å². The summed E-state index contributed by atoms with van der Waals surface area (Å²) in [6, 6.07) is 0. The van der Waals surface area contributed by atoms with Gasteiger partial charge in [0.2, 0.25) is 0 Å². The first-order valence-electron chi connectivity index (χ1n) is 11.0. The molecule has 0 N–H and O–H groups in total. The van der Waals surface area contributed by atoms with Gasteiger partial charge < -0.3 is 0 Å². The first kappa shape index (κ1) is 10.3. The summed E-state index contributed by atoms with van der Waals surface area (Å²) in [6.07, 6.45) is 9.23. The molecule has 0 aromatic rings. The molecule has 23 heavy (non-hydrogen) atoms.